The van der Waals surface area contributed by atoms with Gasteiger partial charge in [0.2, 0.25) is 5.91 Å². The molecule has 0 spiro atoms. The summed E-state index contributed by atoms with van der Waals surface area (Å²) in [5.74, 6) is 0.904. The van der Waals surface area contributed by atoms with E-state index in [9.17, 15) is 4.79 Å². The van der Waals surface area contributed by atoms with Gasteiger partial charge in [-0.05, 0) is 37.9 Å². The first kappa shape index (κ1) is 16.4. The molecule has 0 aliphatic carbocycles. The van der Waals surface area contributed by atoms with Crippen molar-refractivity contribution in [3.63, 3.8) is 0 Å². The molecular weight excluding hydrogens is 280 g/mol. The van der Waals surface area contributed by atoms with Crippen molar-refractivity contribution in [3.8, 4) is 0 Å². The average molecular weight is 306 g/mol. The highest BCUT2D eigenvalue weighted by molar-refractivity contribution is 8.00. The summed E-state index contributed by atoms with van der Waals surface area (Å²) in [4.78, 5) is 14.5. The Balaban J connectivity index is 1.83. The molecule has 1 saturated heterocycles. The van der Waals surface area contributed by atoms with Gasteiger partial charge in [0.25, 0.3) is 0 Å². The molecule has 0 unspecified atom stereocenters. The number of benzene rings is 1. The van der Waals surface area contributed by atoms with Gasteiger partial charge < -0.3 is 10.2 Å². The molecule has 1 aromatic rings. The highest BCUT2D eigenvalue weighted by atomic mass is 32.2. The fraction of sp³-hybridized carbons (Fsp3) is 0.588. The maximum Gasteiger partial charge on any atom is 0.232 e. The van der Waals surface area contributed by atoms with Gasteiger partial charge in [-0.1, -0.05) is 37.3 Å². The van der Waals surface area contributed by atoms with Crippen molar-refractivity contribution in [1.29, 1.82) is 0 Å². The Morgan fingerprint density at radius 1 is 1.29 bits per heavy atom. The summed E-state index contributed by atoms with van der Waals surface area (Å²) in [6.45, 7) is 5.90. The topological polar surface area (TPSA) is 32.3 Å². The van der Waals surface area contributed by atoms with Gasteiger partial charge in [-0.25, -0.2) is 0 Å². The fourth-order valence-electron chi connectivity index (χ4n) is 2.61. The van der Waals surface area contributed by atoms with Gasteiger partial charge in [-0.2, -0.15) is 0 Å². The minimum Gasteiger partial charge on any atom is -0.338 e. The predicted molar refractivity (Wildman–Crippen MR) is 90.5 cm³/mol. The zero-order valence-electron chi connectivity index (χ0n) is 12.9. The maximum atomic E-state index is 12.5. The van der Waals surface area contributed by atoms with Crippen LogP contribution in [0.25, 0.3) is 0 Å². The van der Waals surface area contributed by atoms with Crippen molar-refractivity contribution in [2.24, 2.45) is 0 Å². The smallest absolute Gasteiger partial charge is 0.232 e. The van der Waals surface area contributed by atoms with E-state index in [1.165, 1.54) is 18.4 Å². The highest BCUT2D eigenvalue weighted by Gasteiger charge is 2.18. The maximum absolute atomic E-state index is 12.5. The number of carbonyl (C=O) groups excluding carboxylic acids is 1. The normalized spacial score (nSPS) is 15.9. The van der Waals surface area contributed by atoms with E-state index < -0.39 is 0 Å². The zero-order chi connectivity index (χ0) is 14.9. The molecule has 0 radical (unpaired) electrons. The van der Waals surface area contributed by atoms with Gasteiger partial charge in [0.15, 0.2) is 0 Å². The van der Waals surface area contributed by atoms with E-state index in [4.69, 9.17) is 0 Å². The lowest BCUT2D eigenvalue weighted by molar-refractivity contribution is -0.129. The molecule has 21 heavy (non-hydrogen) atoms. The molecule has 0 bridgehead atoms. The molecular formula is C17H26N2OS. The number of piperidine rings is 1. The first-order chi connectivity index (χ1) is 10.3. The molecule has 1 heterocycles. The summed E-state index contributed by atoms with van der Waals surface area (Å²) in [5.41, 5.74) is 1.21. The Labute approximate surface area is 132 Å². The molecule has 0 atom stereocenters. The van der Waals surface area contributed by atoms with Crippen molar-refractivity contribution in [2.45, 2.75) is 38.0 Å². The van der Waals surface area contributed by atoms with Gasteiger partial charge in [0.05, 0.1) is 5.75 Å². The highest BCUT2D eigenvalue weighted by Crippen LogP contribution is 2.21. The summed E-state index contributed by atoms with van der Waals surface area (Å²) in [6.07, 6.45) is 3.38. The van der Waals surface area contributed by atoms with Crippen LogP contribution in [0.1, 0.15) is 31.7 Å². The van der Waals surface area contributed by atoms with E-state index in [-0.39, 0.29) is 5.91 Å². The lowest BCUT2D eigenvalue weighted by atomic mass is 10.2. The Hall–Kier alpha value is -1.00. The Morgan fingerprint density at radius 3 is 2.67 bits per heavy atom. The Morgan fingerprint density at radius 2 is 2.00 bits per heavy atom. The third-order valence-electron chi connectivity index (χ3n) is 3.79. The van der Waals surface area contributed by atoms with Crippen LogP contribution in [0, 0.1) is 0 Å². The van der Waals surface area contributed by atoms with Crippen LogP contribution in [0.5, 0.6) is 0 Å². The van der Waals surface area contributed by atoms with Gasteiger partial charge in [0.1, 0.15) is 0 Å². The number of amides is 1. The van der Waals surface area contributed by atoms with Gasteiger partial charge in [-0.15, -0.1) is 11.8 Å². The number of hydrogen-bond donors (Lipinski definition) is 1. The van der Waals surface area contributed by atoms with Crippen molar-refractivity contribution >= 4 is 17.7 Å². The first-order valence-corrected chi connectivity index (χ1v) is 8.98. The number of thioether (sulfide) groups is 1. The van der Waals surface area contributed by atoms with Crippen LogP contribution in [-0.4, -0.2) is 41.4 Å². The third kappa shape index (κ3) is 5.71. The quantitative estimate of drug-likeness (QED) is 0.840. The molecule has 1 amide bonds. The summed E-state index contributed by atoms with van der Waals surface area (Å²) >= 11 is 1.84. The summed E-state index contributed by atoms with van der Waals surface area (Å²) < 4.78 is 0. The van der Waals surface area contributed by atoms with Crippen LogP contribution >= 0.6 is 11.8 Å². The second-order valence-electron chi connectivity index (χ2n) is 5.56. The molecule has 1 aliphatic rings. The van der Waals surface area contributed by atoms with Crippen molar-refractivity contribution in [2.75, 3.05) is 25.4 Å². The predicted octanol–water partition coefficient (Wildman–Crippen LogP) is 2.91. The zero-order valence-corrected chi connectivity index (χ0v) is 13.7. The minimum atomic E-state index is 0.282. The molecule has 1 aromatic carbocycles. The monoisotopic (exact) mass is 306 g/mol. The summed E-state index contributed by atoms with van der Waals surface area (Å²) in [6, 6.07) is 10.3. The molecule has 0 saturated carbocycles. The number of rotatable bonds is 7. The van der Waals surface area contributed by atoms with Crippen molar-refractivity contribution in [1.82, 2.24) is 10.2 Å². The standard InChI is InChI=1S/C17H26N2OS/c1-2-12-19(13-15-6-4-3-5-7-15)17(20)14-21-16-8-10-18-11-9-16/h3-7,16,18H,2,8-14H2,1H3. The number of carbonyl (C=O) groups is 1. The second kappa shape index (κ2) is 9.11. The van der Waals surface area contributed by atoms with E-state index in [0.717, 1.165) is 32.6 Å². The van der Waals surface area contributed by atoms with E-state index in [1.54, 1.807) is 0 Å². The van der Waals surface area contributed by atoms with Crippen molar-refractivity contribution < 1.29 is 4.79 Å². The SMILES string of the molecule is CCCN(Cc1ccccc1)C(=O)CSC1CCNCC1. The molecule has 1 N–H and O–H groups in total. The van der Waals surface area contributed by atoms with E-state index in [0.29, 0.717) is 11.0 Å². The van der Waals surface area contributed by atoms with Crippen LogP contribution in [0.15, 0.2) is 30.3 Å². The van der Waals surface area contributed by atoms with Crippen molar-refractivity contribution in [3.05, 3.63) is 35.9 Å². The van der Waals surface area contributed by atoms with Crippen LogP contribution in [0.4, 0.5) is 0 Å². The van der Waals surface area contributed by atoms with Gasteiger partial charge in [-0.3, -0.25) is 4.79 Å². The second-order valence-corrected chi connectivity index (χ2v) is 6.85. The molecule has 116 valence electrons. The van der Waals surface area contributed by atoms with E-state index in [2.05, 4.69) is 24.4 Å². The van der Waals surface area contributed by atoms with E-state index in [1.807, 2.05) is 34.9 Å². The fourth-order valence-corrected chi connectivity index (χ4v) is 3.74. The Kier molecular flexibility index (Phi) is 7.10. The lowest BCUT2D eigenvalue weighted by Crippen LogP contribution is -2.34. The van der Waals surface area contributed by atoms with Crippen LogP contribution in [0.3, 0.4) is 0 Å². The molecule has 0 aromatic heterocycles. The van der Waals surface area contributed by atoms with Gasteiger partial charge >= 0.3 is 0 Å². The van der Waals surface area contributed by atoms with E-state index >= 15 is 0 Å². The largest absolute Gasteiger partial charge is 0.338 e. The first-order valence-electron chi connectivity index (χ1n) is 7.93. The molecule has 2 rings (SSSR count). The number of nitrogens with one attached hydrogen (secondary N) is 1. The Bertz CT molecular complexity index is 418. The minimum absolute atomic E-state index is 0.282. The summed E-state index contributed by atoms with van der Waals surface area (Å²) in [7, 11) is 0. The van der Waals surface area contributed by atoms with Crippen LogP contribution in [-0.2, 0) is 11.3 Å². The van der Waals surface area contributed by atoms with Crippen LogP contribution < -0.4 is 5.32 Å². The molecule has 3 nitrogen and oxygen atoms in total. The molecule has 1 fully saturated rings. The number of hydrogen-bond acceptors (Lipinski definition) is 3. The van der Waals surface area contributed by atoms with Crippen LogP contribution in [0.2, 0.25) is 0 Å². The third-order valence-corrected chi connectivity index (χ3v) is 5.15. The van der Waals surface area contributed by atoms with Gasteiger partial charge in [0, 0.05) is 18.3 Å². The molecule has 4 heteroatoms. The number of nitrogens with zero attached hydrogens (tertiary/aromatic N) is 1. The average Bonchev–Trinajstić information content (AvgIpc) is 2.54. The summed E-state index contributed by atoms with van der Waals surface area (Å²) in [5, 5.41) is 4.02. The lowest BCUT2D eigenvalue weighted by Gasteiger charge is -2.25. The molecule has 1 aliphatic heterocycles.